The van der Waals surface area contributed by atoms with Gasteiger partial charge >= 0.3 is 0 Å². The summed E-state index contributed by atoms with van der Waals surface area (Å²) < 4.78 is 25.1. The van der Waals surface area contributed by atoms with Crippen molar-refractivity contribution < 1.29 is 8.42 Å². The molecule has 0 spiro atoms. The molecule has 0 saturated heterocycles. The van der Waals surface area contributed by atoms with E-state index in [2.05, 4.69) is 19.3 Å². The number of rotatable bonds is 5. The lowest BCUT2D eigenvalue weighted by Crippen LogP contribution is -2.48. The highest BCUT2D eigenvalue weighted by molar-refractivity contribution is 7.91. The molecule has 4 nitrogen and oxygen atoms in total. The van der Waals surface area contributed by atoms with E-state index in [1.165, 1.54) is 0 Å². The first-order valence-electron chi connectivity index (χ1n) is 7.21. The van der Waals surface area contributed by atoms with Crippen molar-refractivity contribution in [3.8, 4) is 0 Å². The zero-order chi connectivity index (χ0) is 16.4. The highest BCUT2D eigenvalue weighted by Gasteiger charge is 2.29. The van der Waals surface area contributed by atoms with E-state index in [0.29, 0.717) is 4.90 Å². The molecule has 118 valence electrons. The van der Waals surface area contributed by atoms with Crippen LogP contribution in [-0.2, 0) is 15.4 Å². The first-order valence-corrected chi connectivity index (χ1v) is 8.69. The van der Waals surface area contributed by atoms with Gasteiger partial charge in [0.1, 0.15) is 0 Å². The Morgan fingerprint density at radius 1 is 0.955 bits per heavy atom. The van der Waals surface area contributed by atoms with Crippen molar-refractivity contribution in [3.05, 3.63) is 60.2 Å². The fourth-order valence-electron chi connectivity index (χ4n) is 2.30. The summed E-state index contributed by atoms with van der Waals surface area (Å²) in [6, 6.07) is 15.3. The molecular formula is C17H22N2O2S. The van der Waals surface area contributed by atoms with Crippen LogP contribution in [0.2, 0.25) is 0 Å². The molecule has 2 aromatic carbocycles. The van der Waals surface area contributed by atoms with Gasteiger partial charge in [-0.15, -0.1) is 0 Å². The lowest BCUT2D eigenvalue weighted by atomic mass is 9.82. The number of benzene rings is 2. The average molecular weight is 318 g/mol. The van der Waals surface area contributed by atoms with Crippen LogP contribution in [0.4, 0.5) is 0 Å². The van der Waals surface area contributed by atoms with Crippen molar-refractivity contribution in [1.82, 2.24) is 5.43 Å². The monoisotopic (exact) mass is 318 g/mol. The van der Waals surface area contributed by atoms with Crippen molar-refractivity contribution >= 4 is 9.84 Å². The van der Waals surface area contributed by atoms with E-state index in [4.69, 9.17) is 5.84 Å². The number of sulfone groups is 1. The van der Waals surface area contributed by atoms with Crippen LogP contribution in [0.5, 0.6) is 0 Å². The third kappa shape index (κ3) is 2.92. The zero-order valence-corrected chi connectivity index (χ0v) is 13.9. The maximum absolute atomic E-state index is 12.6. The van der Waals surface area contributed by atoms with Crippen molar-refractivity contribution in [2.24, 2.45) is 11.8 Å². The number of hydrazine groups is 1. The third-order valence-corrected chi connectivity index (χ3v) is 6.06. The molecule has 0 radical (unpaired) electrons. The number of nitrogens with two attached hydrogens (primary N) is 1. The lowest BCUT2D eigenvalue weighted by Gasteiger charge is -2.33. The second-order valence-corrected chi connectivity index (χ2v) is 7.79. The second kappa shape index (κ2) is 6.20. The normalized spacial score (nSPS) is 14.8. The van der Waals surface area contributed by atoms with E-state index < -0.39 is 15.4 Å². The van der Waals surface area contributed by atoms with Crippen LogP contribution < -0.4 is 11.3 Å². The molecule has 0 bridgehead atoms. The zero-order valence-electron chi connectivity index (χ0n) is 13.1. The van der Waals surface area contributed by atoms with Crippen LogP contribution in [0.25, 0.3) is 0 Å². The highest BCUT2D eigenvalue weighted by atomic mass is 32.2. The molecule has 5 heteroatoms. The molecule has 0 amide bonds. The van der Waals surface area contributed by atoms with Crippen molar-refractivity contribution in [2.75, 3.05) is 0 Å². The minimum absolute atomic E-state index is 0.258. The van der Waals surface area contributed by atoms with Gasteiger partial charge in [0.05, 0.1) is 15.3 Å². The minimum atomic E-state index is -3.48. The second-order valence-electron chi connectivity index (χ2n) is 5.84. The SMILES string of the molecule is CC(C)C(C)(NN)c1ccc(S(=O)(=O)c2ccccc2)cc1. The molecule has 0 aliphatic rings. The molecule has 0 aliphatic carbocycles. The topological polar surface area (TPSA) is 72.2 Å². The molecule has 3 N–H and O–H groups in total. The van der Waals surface area contributed by atoms with Gasteiger partial charge in [0.15, 0.2) is 0 Å². The largest absolute Gasteiger partial charge is 0.271 e. The van der Waals surface area contributed by atoms with Crippen LogP contribution >= 0.6 is 0 Å². The Morgan fingerprint density at radius 3 is 1.91 bits per heavy atom. The molecule has 2 aromatic rings. The summed E-state index contributed by atoms with van der Waals surface area (Å²) in [5.41, 5.74) is 3.38. The van der Waals surface area contributed by atoms with E-state index in [1.54, 1.807) is 42.5 Å². The first kappa shape index (κ1) is 16.7. The number of hydrogen-bond acceptors (Lipinski definition) is 4. The van der Waals surface area contributed by atoms with Gasteiger partial charge in [0.25, 0.3) is 0 Å². The van der Waals surface area contributed by atoms with Gasteiger partial charge < -0.3 is 0 Å². The van der Waals surface area contributed by atoms with Crippen LogP contribution in [0.15, 0.2) is 64.4 Å². The number of hydrogen-bond donors (Lipinski definition) is 2. The first-order chi connectivity index (χ1) is 10.3. The van der Waals surface area contributed by atoms with Crippen LogP contribution in [0, 0.1) is 5.92 Å². The quantitative estimate of drug-likeness (QED) is 0.657. The van der Waals surface area contributed by atoms with Gasteiger partial charge in [0.2, 0.25) is 9.84 Å². The Kier molecular flexibility index (Phi) is 4.70. The molecule has 0 fully saturated rings. The number of nitrogens with one attached hydrogen (secondary N) is 1. The maximum atomic E-state index is 12.6. The maximum Gasteiger partial charge on any atom is 0.206 e. The van der Waals surface area contributed by atoms with E-state index in [-0.39, 0.29) is 10.8 Å². The Labute approximate surface area is 132 Å². The average Bonchev–Trinajstić information content (AvgIpc) is 2.54. The van der Waals surface area contributed by atoms with Gasteiger partial charge in [-0.05, 0) is 42.7 Å². The summed E-state index contributed by atoms with van der Waals surface area (Å²) in [6.45, 7) is 6.13. The molecule has 1 unspecified atom stereocenters. The summed E-state index contributed by atoms with van der Waals surface area (Å²) in [5.74, 6) is 5.95. The van der Waals surface area contributed by atoms with Gasteiger partial charge in [-0.3, -0.25) is 5.84 Å². The van der Waals surface area contributed by atoms with Gasteiger partial charge in [-0.2, -0.15) is 0 Å². The van der Waals surface area contributed by atoms with Gasteiger partial charge in [-0.25, -0.2) is 13.8 Å². The van der Waals surface area contributed by atoms with Gasteiger partial charge in [-0.1, -0.05) is 44.2 Å². The summed E-state index contributed by atoms with van der Waals surface area (Å²) in [4.78, 5) is 0.580. The van der Waals surface area contributed by atoms with Crippen molar-refractivity contribution in [3.63, 3.8) is 0 Å². The van der Waals surface area contributed by atoms with Crippen molar-refractivity contribution in [2.45, 2.75) is 36.1 Å². The molecule has 0 aliphatic heterocycles. The van der Waals surface area contributed by atoms with Crippen molar-refractivity contribution in [1.29, 1.82) is 0 Å². The third-order valence-electron chi connectivity index (χ3n) is 4.27. The van der Waals surface area contributed by atoms with Gasteiger partial charge in [0, 0.05) is 0 Å². The summed E-state index contributed by atoms with van der Waals surface area (Å²) in [7, 11) is -3.48. The van der Waals surface area contributed by atoms with Crippen LogP contribution in [0.1, 0.15) is 26.3 Å². The predicted molar refractivity (Wildman–Crippen MR) is 87.8 cm³/mol. The Morgan fingerprint density at radius 2 is 1.45 bits per heavy atom. The van der Waals surface area contributed by atoms with Crippen LogP contribution in [-0.4, -0.2) is 8.42 Å². The Balaban J connectivity index is 2.42. The molecule has 1 atom stereocenters. The minimum Gasteiger partial charge on any atom is -0.271 e. The molecule has 22 heavy (non-hydrogen) atoms. The Bertz CT molecular complexity index is 725. The molecule has 0 aromatic heterocycles. The van der Waals surface area contributed by atoms with Crippen LogP contribution in [0.3, 0.4) is 0 Å². The van der Waals surface area contributed by atoms with E-state index >= 15 is 0 Å². The van der Waals surface area contributed by atoms with E-state index in [1.807, 2.05) is 19.1 Å². The van der Waals surface area contributed by atoms with E-state index in [9.17, 15) is 8.42 Å². The fraction of sp³-hybridized carbons (Fsp3) is 0.294. The van der Waals surface area contributed by atoms with E-state index in [0.717, 1.165) is 5.56 Å². The Hall–Kier alpha value is -1.69. The predicted octanol–water partition coefficient (Wildman–Crippen LogP) is 2.85. The standard InChI is InChI=1S/C17H22N2O2S/c1-13(2)17(3,19-18)14-9-11-16(12-10-14)22(20,21)15-7-5-4-6-8-15/h4-13,19H,18H2,1-3H3. The molecule has 2 rings (SSSR count). The lowest BCUT2D eigenvalue weighted by molar-refractivity contribution is 0.269. The smallest absolute Gasteiger partial charge is 0.206 e. The molecule has 0 heterocycles. The summed E-state index contributed by atoms with van der Waals surface area (Å²) in [6.07, 6.45) is 0. The highest BCUT2D eigenvalue weighted by Crippen LogP contribution is 2.30. The fourth-order valence-corrected chi connectivity index (χ4v) is 3.58. The summed E-state index contributed by atoms with van der Waals surface area (Å²) >= 11 is 0. The summed E-state index contributed by atoms with van der Waals surface area (Å²) in [5, 5.41) is 0. The molecular weight excluding hydrogens is 296 g/mol. The molecule has 0 saturated carbocycles.